The van der Waals surface area contributed by atoms with Crippen molar-refractivity contribution >= 4 is 5.97 Å². The summed E-state index contributed by atoms with van der Waals surface area (Å²) in [4.78, 5) is 13.7. The summed E-state index contributed by atoms with van der Waals surface area (Å²) in [6, 6.07) is 16.2. The van der Waals surface area contributed by atoms with Crippen molar-refractivity contribution in [3.05, 3.63) is 71.5 Å². The van der Waals surface area contributed by atoms with Crippen LogP contribution in [0, 0.1) is 11.7 Å². The van der Waals surface area contributed by atoms with E-state index in [9.17, 15) is 14.3 Å². The zero-order valence-electron chi connectivity index (χ0n) is 12.2. The van der Waals surface area contributed by atoms with E-state index in [0.717, 1.165) is 12.1 Å². The minimum Gasteiger partial charge on any atom is -0.481 e. The van der Waals surface area contributed by atoms with Crippen LogP contribution >= 0.6 is 0 Å². The molecule has 1 aliphatic heterocycles. The Morgan fingerprint density at radius 3 is 2.41 bits per heavy atom. The third-order valence-corrected chi connectivity index (χ3v) is 4.26. The highest BCUT2D eigenvalue weighted by Crippen LogP contribution is 2.33. The number of rotatable bonds is 4. The molecule has 2 aromatic carbocycles. The molecule has 0 unspecified atom stereocenters. The molecule has 2 atom stereocenters. The van der Waals surface area contributed by atoms with Gasteiger partial charge in [-0.3, -0.25) is 9.69 Å². The van der Waals surface area contributed by atoms with Gasteiger partial charge in [-0.05, 0) is 23.3 Å². The topological polar surface area (TPSA) is 40.5 Å². The SMILES string of the molecule is O=C(O)[C@H]1CN(Cc2ccccc2)C[C@H]1c1ccc(F)cc1. The summed E-state index contributed by atoms with van der Waals surface area (Å²) in [5.74, 6) is -1.63. The van der Waals surface area contributed by atoms with E-state index in [1.807, 2.05) is 30.3 Å². The predicted octanol–water partition coefficient (Wildman–Crippen LogP) is 3.13. The first-order valence-corrected chi connectivity index (χ1v) is 7.38. The summed E-state index contributed by atoms with van der Waals surface area (Å²) in [5.41, 5.74) is 2.07. The molecule has 114 valence electrons. The maximum atomic E-state index is 13.1. The van der Waals surface area contributed by atoms with E-state index in [0.29, 0.717) is 13.1 Å². The van der Waals surface area contributed by atoms with Gasteiger partial charge >= 0.3 is 5.97 Å². The number of carbonyl (C=O) groups is 1. The van der Waals surface area contributed by atoms with E-state index in [1.165, 1.54) is 17.7 Å². The van der Waals surface area contributed by atoms with E-state index in [2.05, 4.69) is 4.90 Å². The molecule has 1 fully saturated rings. The van der Waals surface area contributed by atoms with Gasteiger partial charge in [-0.15, -0.1) is 0 Å². The van der Waals surface area contributed by atoms with Crippen molar-refractivity contribution in [1.82, 2.24) is 4.90 Å². The molecule has 0 aromatic heterocycles. The van der Waals surface area contributed by atoms with Crippen molar-refractivity contribution < 1.29 is 14.3 Å². The fourth-order valence-corrected chi connectivity index (χ4v) is 3.15. The molecule has 0 radical (unpaired) electrons. The number of likely N-dealkylation sites (tertiary alicyclic amines) is 1. The molecule has 0 amide bonds. The van der Waals surface area contributed by atoms with Gasteiger partial charge in [-0.2, -0.15) is 0 Å². The monoisotopic (exact) mass is 299 g/mol. The maximum absolute atomic E-state index is 13.1. The van der Waals surface area contributed by atoms with Crippen molar-refractivity contribution in [3.8, 4) is 0 Å². The molecular formula is C18H18FNO2. The molecule has 1 N–H and O–H groups in total. The largest absolute Gasteiger partial charge is 0.481 e. The second kappa shape index (κ2) is 6.28. The van der Waals surface area contributed by atoms with E-state index in [4.69, 9.17) is 0 Å². The summed E-state index contributed by atoms with van der Waals surface area (Å²) >= 11 is 0. The predicted molar refractivity (Wildman–Crippen MR) is 82.0 cm³/mol. The lowest BCUT2D eigenvalue weighted by Gasteiger charge is -2.16. The number of carboxylic acids is 1. The maximum Gasteiger partial charge on any atom is 0.308 e. The standard InChI is InChI=1S/C18H18FNO2/c19-15-8-6-14(7-9-15)16-11-20(12-17(16)18(21)22)10-13-4-2-1-3-5-13/h1-9,16-17H,10-12H2,(H,21,22)/t16-,17-/m0/s1. The van der Waals surface area contributed by atoms with Crippen LogP contribution in [0.1, 0.15) is 17.0 Å². The van der Waals surface area contributed by atoms with E-state index in [1.54, 1.807) is 12.1 Å². The highest BCUT2D eigenvalue weighted by atomic mass is 19.1. The van der Waals surface area contributed by atoms with Crippen LogP contribution in [0.15, 0.2) is 54.6 Å². The van der Waals surface area contributed by atoms with Gasteiger partial charge in [0, 0.05) is 25.6 Å². The molecule has 1 aliphatic rings. The first-order valence-electron chi connectivity index (χ1n) is 7.38. The normalized spacial score (nSPS) is 21.9. The Morgan fingerprint density at radius 2 is 1.77 bits per heavy atom. The number of aliphatic carboxylic acids is 1. The van der Waals surface area contributed by atoms with Crippen molar-refractivity contribution in [1.29, 1.82) is 0 Å². The highest BCUT2D eigenvalue weighted by Gasteiger charge is 2.38. The lowest BCUT2D eigenvalue weighted by Crippen LogP contribution is -2.23. The van der Waals surface area contributed by atoms with Gasteiger partial charge in [-0.25, -0.2) is 4.39 Å². The third kappa shape index (κ3) is 3.17. The number of hydrogen-bond donors (Lipinski definition) is 1. The van der Waals surface area contributed by atoms with Crippen molar-refractivity contribution in [2.75, 3.05) is 13.1 Å². The Morgan fingerprint density at radius 1 is 1.09 bits per heavy atom. The average Bonchev–Trinajstić information content (AvgIpc) is 2.93. The van der Waals surface area contributed by atoms with Gasteiger partial charge in [0.2, 0.25) is 0 Å². The molecule has 0 aliphatic carbocycles. The molecule has 3 nitrogen and oxygen atoms in total. The molecule has 3 rings (SSSR count). The lowest BCUT2D eigenvalue weighted by atomic mass is 9.89. The Bertz CT molecular complexity index is 642. The zero-order chi connectivity index (χ0) is 15.5. The fourth-order valence-electron chi connectivity index (χ4n) is 3.15. The van der Waals surface area contributed by atoms with Gasteiger partial charge in [0.25, 0.3) is 0 Å². The Balaban J connectivity index is 1.77. The number of nitrogens with zero attached hydrogens (tertiary/aromatic N) is 1. The summed E-state index contributed by atoms with van der Waals surface area (Å²) in [7, 11) is 0. The lowest BCUT2D eigenvalue weighted by molar-refractivity contribution is -0.141. The fraction of sp³-hybridized carbons (Fsp3) is 0.278. The molecule has 1 saturated heterocycles. The molecule has 4 heteroatoms. The Labute approximate surface area is 129 Å². The molecule has 0 bridgehead atoms. The first kappa shape index (κ1) is 14.7. The van der Waals surface area contributed by atoms with Crippen LogP contribution in [0.3, 0.4) is 0 Å². The highest BCUT2D eigenvalue weighted by molar-refractivity contribution is 5.72. The van der Waals surface area contributed by atoms with Crippen LogP contribution in [0.2, 0.25) is 0 Å². The van der Waals surface area contributed by atoms with Crippen LogP contribution < -0.4 is 0 Å². The number of carboxylic acid groups (broad SMARTS) is 1. The molecule has 0 spiro atoms. The van der Waals surface area contributed by atoms with Crippen LogP contribution in [-0.2, 0) is 11.3 Å². The molecule has 0 saturated carbocycles. The summed E-state index contributed by atoms with van der Waals surface area (Å²) in [6.45, 7) is 1.94. The van der Waals surface area contributed by atoms with E-state index >= 15 is 0 Å². The van der Waals surface area contributed by atoms with Gasteiger partial charge < -0.3 is 5.11 Å². The van der Waals surface area contributed by atoms with Gasteiger partial charge in [-0.1, -0.05) is 42.5 Å². The van der Waals surface area contributed by atoms with Crippen LogP contribution in [-0.4, -0.2) is 29.1 Å². The molecule has 2 aromatic rings. The smallest absolute Gasteiger partial charge is 0.308 e. The summed E-state index contributed by atoms with van der Waals surface area (Å²) < 4.78 is 13.1. The Hall–Kier alpha value is -2.20. The number of hydrogen-bond acceptors (Lipinski definition) is 2. The molecule has 22 heavy (non-hydrogen) atoms. The van der Waals surface area contributed by atoms with Crippen molar-refractivity contribution in [2.24, 2.45) is 5.92 Å². The minimum absolute atomic E-state index is 0.0955. The van der Waals surface area contributed by atoms with E-state index in [-0.39, 0.29) is 11.7 Å². The summed E-state index contributed by atoms with van der Waals surface area (Å²) in [5, 5.41) is 9.48. The van der Waals surface area contributed by atoms with Crippen LogP contribution in [0.4, 0.5) is 4.39 Å². The average molecular weight is 299 g/mol. The van der Waals surface area contributed by atoms with Crippen LogP contribution in [0.25, 0.3) is 0 Å². The van der Waals surface area contributed by atoms with Crippen molar-refractivity contribution in [2.45, 2.75) is 12.5 Å². The number of benzene rings is 2. The zero-order valence-corrected chi connectivity index (χ0v) is 12.2. The number of halogens is 1. The molecule has 1 heterocycles. The second-order valence-electron chi connectivity index (χ2n) is 5.78. The quantitative estimate of drug-likeness (QED) is 0.943. The van der Waals surface area contributed by atoms with Crippen LogP contribution in [0.5, 0.6) is 0 Å². The molecular weight excluding hydrogens is 281 g/mol. The van der Waals surface area contributed by atoms with Gasteiger partial charge in [0.1, 0.15) is 5.82 Å². The third-order valence-electron chi connectivity index (χ3n) is 4.26. The first-order chi connectivity index (χ1) is 10.6. The Kier molecular flexibility index (Phi) is 4.20. The summed E-state index contributed by atoms with van der Waals surface area (Å²) in [6.07, 6.45) is 0. The minimum atomic E-state index is -0.787. The van der Waals surface area contributed by atoms with E-state index < -0.39 is 11.9 Å². The second-order valence-corrected chi connectivity index (χ2v) is 5.78. The van der Waals surface area contributed by atoms with Gasteiger partial charge in [0.15, 0.2) is 0 Å². The van der Waals surface area contributed by atoms with Crippen molar-refractivity contribution in [3.63, 3.8) is 0 Å². The van der Waals surface area contributed by atoms with Gasteiger partial charge in [0.05, 0.1) is 5.92 Å².